The molecular weight excluding hydrogens is 230 g/mol. The minimum atomic E-state index is -0.705. The zero-order chi connectivity index (χ0) is 13.1. The number of primary amides is 1. The summed E-state index contributed by atoms with van der Waals surface area (Å²) in [6.07, 6.45) is 1.48. The molecule has 0 unspecified atom stereocenters. The summed E-state index contributed by atoms with van der Waals surface area (Å²) in [5.41, 5.74) is 6.30. The van der Waals surface area contributed by atoms with Crippen molar-refractivity contribution in [3.63, 3.8) is 0 Å². The number of benzene rings is 1. The van der Waals surface area contributed by atoms with Gasteiger partial charge in [0.1, 0.15) is 6.04 Å². The van der Waals surface area contributed by atoms with Gasteiger partial charge in [0, 0.05) is 11.6 Å². The second-order valence-corrected chi connectivity index (χ2v) is 4.01. The summed E-state index contributed by atoms with van der Waals surface area (Å²) in [5.74, 6) is -0.934. The van der Waals surface area contributed by atoms with E-state index in [0.717, 1.165) is 10.9 Å². The molecular formula is C13H13N3O2. The van der Waals surface area contributed by atoms with Crippen molar-refractivity contribution >= 4 is 22.7 Å². The van der Waals surface area contributed by atoms with E-state index in [9.17, 15) is 9.59 Å². The lowest BCUT2D eigenvalue weighted by Gasteiger charge is -2.10. The number of rotatable bonds is 3. The van der Waals surface area contributed by atoms with Gasteiger partial charge in [0.25, 0.3) is 5.91 Å². The van der Waals surface area contributed by atoms with Crippen molar-refractivity contribution < 1.29 is 9.59 Å². The Morgan fingerprint density at radius 1 is 1.33 bits per heavy atom. The van der Waals surface area contributed by atoms with Gasteiger partial charge in [-0.3, -0.25) is 14.6 Å². The van der Waals surface area contributed by atoms with Crippen molar-refractivity contribution in [3.8, 4) is 0 Å². The monoisotopic (exact) mass is 243 g/mol. The van der Waals surface area contributed by atoms with Crippen molar-refractivity contribution in [1.82, 2.24) is 10.3 Å². The highest BCUT2D eigenvalue weighted by atomic mass is 16.2. The van der Waals surface area contributed by atoms with Crippen molar-refractivity contribution in [1.29, 1.82) is 0 Å². The first-order chi connectivity index (χ1) is 8.58. The number of amides is 2. The molecule has 0 fully saturated rings. The molecule has 3 N–H and O–H groups in total. The molecule has 0 saturated carbocycles. The summed E-state index contributed by atoms with van der Waals surface area (Å²) >= 11 is 0. The maximum Gasteiger partial charge on any atom is 0.253 e. The second kappa shape index (κ2) is 4.83. The number of nitrogens with zero attached hydrogens (tertiary/aromatic N) is 1. The first-order valence-electron chi connectivity index (χ1n) is 5.53. The molecule has 0 bridgehead atoms. The summed E-state index contributed by atoms with van der Waals surface area (Å²) in [5, 5.41) is 3.38. The van der Waals surface area contributed by atoms with Crippen LogP contribution in [-0.4, -0.2) is 22.8 Å². The van der Waals surface area contributed by atoms with Crippen LogP contribution in [0.15, 0.2) is 36.5 Å². The van der Waals surface area contributed by atoms with E-state index in [1.54, 1.807) is 6.07 Å². The lowest BCUT2D eigenvalue weighted by atomic mass is 10.1. The Balaban J connectivity index is 2.25. The van der Waals surface area contributed by atoms with Crippen molar-refractivity contribution in [2.24, 2.45) is 5.73 Å². The van der Waals surface area contributed by atoms with Crippen LogP contribution in [0.1, 0.15) is 17.3 Å². The summed E-state index contributed by atoms with van der Waals surface area (Å²) in [6, 6.07) is 8.51. The number of hydrogen-bond acceptors (Lipinski definition) is 3. The highest BCUT2D eigenvalue weighted by molar-refractivity contribution is 5.99. The normalized spacial score (nSPS) is 12.1. The Hall–Kier alpha value is -2.43. The number of fused-ring (bicyclic) bond motifs is 1. The number of nitrogens with one attached hydrogen (secondary N) is 1. The van der Waals surface area contributed by atoms with Crippen LogP contribution in [0.4, 0.5) is 0 Å². The van der Waals surface area contributed by atoms with Gasteiger partial charge in [0.15, 0.2) is 0 Å². The van der Waals surface area contributed by atoms with Gasteiger partial charge in [-0.25, -0.2) is 0 Å². The first-order valence-corrected chi connectivity index (χ1v) is 5.53. The van der Waals surface area contributed by atoms with Crippen molar-refractivity contribution in [2.75, 3.05) is 0 Å². The third kappa shape index (κ3) is 2.45. The Bertz CT molecular complexity index is 610. The lowest BCUT2D eigenvalue weighted by Crippen LogP contribution is -2.42. The Morgan fingerprint density at radius 2 is 2.06 bits per heavy atom. The van der Waals surface area contributed by atoms with Gasteiger partial charge in [-0.05, 0) is 19.1 Å². The molecule has 1 heterocycles. The summed E-state index contributed by atoms with van der Waals surface area (Å²) in [4.78, 5) is 26.9. The van der Waals surface area contributed by atoms with Crippen molar-refractivity contribution in [3.05, 3.63) is 42.1 Å². The van der Waals surface area contributed by atoms with Gasteiger partial charge in [-0.15, -0.1) is 0 Å². The van der Waals surface area contributed by atoms with E-state index in [-0.39, 0.29) is 5.91 Å². The fourth-order valence-electron chi connectivity index (χ4n) is 1.55. The fraction of sp³-hybridized carbons (Fsp3) is 0.154. The molecule has 0 aliphatic carbocycles. The molecule has 0 aliphatic heterocycles. The van der Waals surface area contributed by atoms with Crippen LogP contribution in [0.3, 0.4) is 0 Å². The van der Waals surface area contributed by atoms with E-state index >= 15 is 0 Å². The van der Waals surface area contributed by atoms with E-state index in [1.165, 1.54) is 13.1 Å². The minimum absolute atomic E-state index is 0.362. The number of hydrogen-bond donors (Lipinski definition) is 2. The van der Waals surface area contributed by atoms with E-state index in [4.69, 9.17) is 5.73 Å². The molecule has 1 atom stereocenters. The van der Waals surface area contributed by atoms with Crippen LogP contribution in [0.5, 0.6) is 0 Å². The summed E-state index contributed by atoms with van der Waals surface area (Å²) in [6.45, 7) is 1.54. The Labute approximate surface area is 104 Å². The first kappa shape index (κ1) is 12.0. The number of carbonyl (C=O) groups excluding carboxylic acids is 2. The number of para-hydroxylation sites is 1. The van der Waals surface area contributed by atoms with Crippen LogP contribution >= 0.6 is 0 Å². The maximum absolute atomic E-state index is 11.8. The molecule has 2 rings (SSSR count). The average Bonchev–Trinajstić information content (AvgIpc) is 2.37. The molecule has 2 aromatic rings. The Kier molecular flexibility index (Phi) is 3.23. The molecule has 1 aromatic carbocycles. The standard InChI is InChI=1S/C13H13N3O2/c1-8(12(14)17)16-13(18)10-6-9-4-2-3-5-11(9)15-7-10/h2-8H,1H3,(H2,14,17)(H,16,18)/t8-/m0/s1. The predicted molar refractivity (Wildman–Crippen MR) is 67.9 cm³/mol. The quantitative estimate of drug-likeness (QED) is 0.837. The van der Waals surface area contributed by atoms with Gasteiger partial charge < -0.3 is 11.1 Å². The van der Waals surface area contributed by atoms with Crippen LogP contribution in [0.25, 0.3) is 10.9 Å². The molecule has 92 valence electrons. The van der Waals surface area contributed by atoms with Gasteiger partial charge in [-0.1, -0.05) is 18.2 Å². The number of pyridine rings is 1. The van der Waals surface area contributed by atoms with Crippen molar-refractivity contribution in [2.45, 2.75) is 13.0 Å². The van der Waals surface area contributed by atoms with Crippen LogP contribution < -0.4 is 11.1 Å². The highest BCUT2D eigenvalue weighted by Crippen LogP contribution is 2.12. The summed E-state index contributed by atoms with van der Waals surface area (Å²) in [7, 11) is 0. The molecule has 1 aromatic heterocycles. The average molecular weight is 243 g/mol. The minimum Gasteiger partial charge on any atom is -0.368 e. The smallest absolute Gasteiger partial charge is 0.253 e. The van der Waals surface area contributed by atoms with E-state index in [0.29, 0.717) is 5.56 Å². The zero-order valence-electron chi connectivity index (χ0n) is 9.88. The molecule has 0 radical (unpaired) electrons. The molecule has 0 aliphatic rings. The van der Waals surface area contributed by atoms with E-state index in [2.05, 4.69) is 10.3 Å². The van der Waals surface area contributed by atoms with E-state index < -0.39 is 11.9 Å². The van der Waals surface area contributed by atoms with Crippen LogP contribution in [0, 0.1) is 0 Å². The maximum atomic E-state index is 11.8. The SMILES string of the molecule is C[C@H](NC(=O)c1cnc2ccccc2c1)C(N)=O. The van der Waals surface area contributed by atoms with Gasteiger partial charge >= 0.3 is 0 Å². The lowest BCUT2D eigenvalue weighted by molar-refractivity contribution is -0.119. The van der Waals surface area contributed by atoms with Gasteiger partial charge in [0.05, 0.1) is 11.1 Å². The number of aromatic nitrogens is 1. The Morgan fingerprint density at radius 3 is 2.78 bits per heavy atom. The highest BCUT2D eigenvalue weighted by Gasteiger charge is 2.14. The molecule has 0 spiro atoms. The molecule has 18 heavy (non-hydrogen) atoms. The van der Waals surface area contributed by atoms with Crippen LogP contribution in [-0.2, 0) is 4.79 Å². The largest absolute Gasteiger partial charge is 0.368 e. The van der Waals surface area contributed by atoms with E-state index in [1.807, 2.05) is 24.3 Å². The number of carbonyl (C=O) groups is 2. The third-order valence-corrected chi connectivity index (χ3v) is 2.63. The van der Waals surface area contributed by atoms with Gasteiger partial charge in [0.2, 0.25) is 5.91 Å². The molecule has 5 heteroatoms. The molecule has 2 amide bonds. The number of nitrogens with two attached hydrogens (primary N) is 1. The fourth-order valence-corrected chi connectivity index (χ4v) is 1.55. The molecule has 5 nitrogen and oxygen atoms in total. The topological polar surface area (TPSA) is 85.1 Å². The predicted octanol–water partition coefficient (Wildman–Crippen LogP) is 0.838. The third-order valence-electron chi connectivity index (χ3n) is 2.63. The summed E-state index contributed by atoms with van der Waals surface area (Å²) < 4.78 is 0. The second-order valence-electron chi connectivity index (χ2n) is 4.01. The van der Waals surface area contributed by atoms with Gasteiger partial charge in [-0.2, -0.15) is 0 Å². The zero-order valence-corrected chi connectivity index (χ0v) is 9.88. The van der Waals surface area contributed by atoms with Crippen LogP contribution in [0.2, 0.25) is 0 Å². The molecule has 0 saturated heterocycles.